The summed E-state index contributed by atoms with van der Waals surface area (Å²) in [4.78, 5) is 39.9. The number of nitro benzene ring substituents is 1. The van der Waals surface area contributed by atoms with Gasteiger partial charge in [0, 0.05) is 54.8 Å². The Morgan fingerprint density at radius 3 is 2.31 bits per heavy atom. The second-order valence-electron chi connectivity index (χ2n) is 8.70. The van der Waals surface area contributed by atoms with Crippen molar-refractivity contribution in [2.75, 3.05) is 42.7 Å². The smallest absolute Gasteiger partial charge is 0.270 e. The van der Waals surface area contributed by atoms with E-state index in [0.29, 0.717) is 34.8 Å². The number of non-ortho nitro benzene ring substituents is 1. The summed E-state index contributed by atoms with van der Waals surface area (Å²) in [5, 5.41) is 17.5. The molecule has 0 aliphatic carbocycles. The van der Waals surface area contributed by atoms with Crippen molar-refractivity contribution in [1.29, 1.82) is 0 Å². The number of carbonyl (C=O) groups excluding carboxylic acids is 2. The number of hydrogen-bond donors (Lipinski definition) is 2. The van der Waals surface area contributed by atoms with Crippen molar-refractivity contribution >= 4 is 45.8 Å². The van der Waals surface area contributed by atoms with Crippen LogP contribution >= 0.6 is 0 Å². The topological polar surface area (TPSA) is 108 Å². The quantitative estimate of drug-likeness (QED) is 0.277. The van der Waals surface area contributed by atoms with Crippen molar-refractivity contribution in [2.45, 2.75) is 6.92 Å². The molecule has 2 N–H and O–H groups in total. The highest BCUT2D eigenvalue weighted by molar-refractivity contribution is 6.37. The van der Waals surface area contributed by atoms with E-state index in [0.717, 1.165) is 17.8 Å². The van der Waals surface area contributed by atoms with E-state index in [4.69, 9.17) is 0 Å². The van der Waals surface area contributed by atoms with Gasteiger partial charge in [0.2, 0.25) is 5.91 Å². The van der Waals surface area contributed by atoms with E-state index in [2.05, 4.69) is 10.6 Å². The largest absolute Gasteiger partial charge is 0.354 e. The Bertz CT molecular complexity index is 1330. The van der Waals surface area contributed by atoms with Crippen LogP contribution in [0.4, 0.5) is 22.7 Å². The van der Waals surface area contributed by atoms with E-state index in [1.54, 1.807) is 11.0 Å². The summed E-state index contributed by atoms with van der Waals surface area (Å²) in [7, 11) is 3.91. The summed E-state index contributed by atoms with van der Waals surface area (Å²) < 4.78 is 0. The van der Waals surface area contributed by atoms with Gasteiger partial charge >= 0.3 is 0 Å². The van der Waals surface area contributed by atoms with Gasteiger partial charge in [0.25, 0.3) is 11.6 Å². The fourth-order valence-corrected chi connectivity index (χ4v) is 4.04. The predicted molar refractivity (Wildman–Crippen MR) is 142 cm³/mol. The van der Waals surface area contributed by atoms with Gasteiger partial charge in [0.05, 0.1) is 16.2 Å². The molecule has 0 spiro atoms. The van der Waals surface area contributed by atoms with Crippen molar-refractivity contribution in [3.05, 3.63) is 94.0 Å². The molecule has 2 amide bonds. The van der Waals surface area contributed by atoms with Gasteiger partial charge in [-0.2, -0.15) is 0 Å². The lowest BCUT2D eigenvalue weighted by molar-refractivity contribution is -0.384. The summed E-state index contributed by atoms with van der Waals surface area (Å²) >= 11 is 0. The molecule has 9 heteroatoms. The average molecular weight is 486 g/mol. The van der Waals surface area contributed by atoms with E-state index in [-0.39, 0.29) is 17.5 Å². The van der Waals surface area contributed by atoms with Crippen LogP contribution in [0, 0.1) is 10.1 Å². The van der Waals surface area contributed by atoms with E-state index in [1.807, 2.05) is 73.6 Å². The Morgan fingerprint density at radius 1 is 1.00 bits per heavy atom. The maximum Gasteiger partial charge on any atom is 0.270 e. The molecule has 0 saturated heterocycles. The fraction of sp³-hybridized carbons (Fsp3) is 0.185. The Labute approximate surface area is 209 Å². The molecular weight excluding hydrogens is 458 g/mol. The number of fused-ring (bicyclic) bond motifs is 1. The van der Waals surface area contributed by atoms with Crippen LogP contribution in [-0.2, 0) is 9.59 Å². The zero-order valence-corrected chi connectivity index (χ0v) is 20.3. The first-order valence-electron chi connectivity index (χ1n) is 11.4. The highest BCUT2D eigenvalue weighted by atomic mass is 16.6. The van der Waals surface area contributed by atoms with Gasteiger partial charge in [-0.1, -0.05) is 30.3 Å². The van der Waals surface area contributed by atoms with Crippen molar-refractivity contribution in [1.82, 2.24) is 4.90 Å². The number of amides is 2. The van der Waals surface area contributed by atoms with Crippen LogP contribution in [0.1, 0.15) is 18.1 Å². The molecule has 1 aliphatic heterocycles. The molecule has 3 aromatic carbocycles. The first kappa shape index (κ1) is 24.6. The summed E-state index contributed by atoms with van der Waals surface area (Å²) in [5.74, 6) is -0.398. The van der Waals surface area contributed by atoms with Gasteiger partial charge in [-0.15, -0.1) is 0 Å². The van der Waals surface area contributed by atoms with Crippen LogP contribution in [0.25, 0.3) is 11.3 Å². The fourth-order valence-electron chi connectivity index (χ4n) is 4.04. The summed E-state index contributed by atoms with van der Waals surface area (Å²) in [6.07, 6.45) is 0. The molecule has 1 heterocycles. The maximum absolute atomic E-state index is 13.0. The third-order valence-electron chi connectivity index (χ3n) is 5.87. The molecule has 0 unspecified atom stereocenters. The lowest BCUT2D eigenvalue weighted by Crippen LogP contribution is -2.35. The third kappa shape index (κ3) is 5.26. The van der Waals surface area contributed by atoms with E-state index < -0.39 is 4.92 Å². The highest BCUT2D eigenvalue weighted by Gasteiger charge is 2.30. The monoisotopic (exact) mass is 485 g/mol. The molecule has 0 fully saturated rings. The van der Waals surface area contributed by atoms with Crippen molar-refractivity contribution in [2.24, 2.45) is 0 Å². The summed E-state index contributed by atoms with van der Waals surface area (Å²) in [6, 6.07) is 21.0. The molecular formula is C27H27N5O4. The number of rotatable bonds is 8. The zero-order valence-electron chi connectivity index (χ0n) is 20.3. The molecule has 184 valence electrons. The average Bonchev–Trinajstić information content (AvgIpc) is 3.18. The second kappa shape index (κ2) is 10.4. The number of nitrogens with one attached hydrogen (secondary N) is 2. The molecule has 3 aromatic rings. The molecule has 36 heavy (non-hydrogen) atoms. The Morgan fingerprint density at radius 2 is 1.69 bits per heavy atom. The minimum atomic E-state index is -0.480. The van der Waals surface area contributed by atoms with Crippen LogP contribution < -0.4 is 15.5 Å². The Hall–Kier alpha value is -4.50. The molecule has 0 bridgehead atoms. The van der Waals surface area contributed by atoms with Crippen LogP contribution in [0.15, 0.2) is 72.8 Å². The summed E-state index contributed by atoms with van der Waals surface area (Å²) in [5.41, 5.74) is 3.95. The molecule has 9 nitrogen and oxygen atoms in total. The van der Waals surface area contributed by atoms with Gasteiger partial charge in [0.1, 0.15) is 0 Å². The van der Waals surface area contributed by atoms with Gasteiger partial charge in [-0.25, -0.2) is 0 Å². The second-order valence-corrected chi connectivity index (χ2v) is 8.70. The van der Waals surface area contributed by atoms with Crippen LogP contribution in [0.3, 0.4) is 0 Å². The number of likely N-dealkylation sites (N-methyl/N-ethyl adjacent to an activating group) is 1. The van der Waals surface area contributed by atoms with Crippen LogP contribution in [0.5, 0.6) is 0 Å². The molecule has 4 rings (SSSR count). The first-order chi connectivity index (χ1) is 17.2. The molecule has 0 aromatic heterocycles. The third-order valence-corrected chi connectivity index (χ3v) is 5.87. The van der Waals surface area contributed by atoms with Gasteiger partial charge < -0.3 is 20.4 Å². The SMILES string of the molecule is CC(=O)N(CCN(C)C)c1ccc(NC(=C2C(=O)Nc3ccc([N+](=O)[O-])cc32)c2ccccc2)cc1. The van der Waals surface area contributed by atoms with E-state index >= 15 is 0 Å². The van der Waals surface area contributed by atoms with Gasteiger partial charge in [-0.3, -0.25) is 19.7 Å². The zero-order chi connectivity index (χ0) is 25.8. The minimum absolute atomic E-state index is 0.0505. The standard InChI is InChI=1S/C27H27N5O4/c1-18(33)31(16-15-30(2)3)21-11-9-20(10-12-21)28-26(19-7-5-4-6-8-19)25-23-17-22(32(35)36)13-14-24(23)29-27(25)34/h4-14,17,28H,15-16H2,1-3H3,(H,29,34). The van der Waals surface area contributed by atoms with Crippen molar-refractivity contribution < 1.29 is 14.5 Å². The van der Waals surface area contributed by atoms with E-state index in [9.17, 15) is 19.7 Å². The Balaban J connectivity index is 1.74. The number of nitrogens with zero attached hydrogens (tertiary/aromatic N) is 3. The maximum atomic E-state index is 13.0. The molecule has 0 atom stereocenters. The number of anilines is 3. The normalized spacial score (nSPS) is 13.7. The number of nitro groups is 1. The number of benzene rings is 3. The Kier molecular flexibility index (Phi) is 7.12. The van der Waals surface area contributed by atoms with Gasteiger partial charge in [-0.05, 0) is 50.0 Å². The van der Waals surface area contributed by atoms with E-state index in [1.165, 1.54) is 19.1 Å². The van der Waals surface area contributed by atoms with Crippen molar-refractivity contribution in [3.63, 3.8) is 0 Å². The van der Waals surface area contributed by atoms with Crippen LogP contribution in [0.2, 0.25) is 0 Å². The number of hydrogen-bond acceptors (Lipinski definition) is 6. The predicted octanol–water partition coefficient (Wildman–Crippen LogP) is 4.44. The highest BCUT2D eigenvalue weighted by Crippen LogP contribution is 2.39. The lowest BCUT2D eigenvalue weighted by atomic mass is 9.99. The molecule has 0 saturated carbocycles. The summed E-state index contributed by atoms with van der Waals surface area (Å²) in [6.45, 7) is 2.82. The first-order valence-corrected chi connectivity index (χ1v) is 11.4. The van der Waals surface area contributed by atoms with Gasteiger partial charge in [0.15, 0.2) is 0 Å². The minimum Gasteiger partial charge on any atom is -0.354 e. The number of carbonyl (C=O) groups is 2. The molecule has 0 radical (unpaired) electrons. The van der Waals surface area contributed by atoms with Crippen LogP contribution in [-0.4, -0.2) is 48.8 Å². The molecule has 1 aliphatic rings. The lowest BCUT2D eigenvalue weighted by Gasteiger charge is -2.23. The van der Waals surface area contributed by atoms with Crippen molar-refractivity contribution in [3.8, 4) is 0 Å².